The van der Waals surface area contributed by atoms with E-state index in [1.807, 2.05) is 0 Å². The van der Waals surface area contributed by atoms with Gasteiger partial charge in [0.1, 0.15) is 22.7 Å². The molecule has 13 heteroatoms. The summed E-state index contributed by atoms with van der Waals surface area (Å²) in [5.74, 6) is -2.95. The van der Waals surface area contributed by atoms with Crippen LogP contribution in [0.5, 0.6) is 0 Å². The van der Waals surface area contributed by atoms with E-state index in [2.05, 4.69) is 4.74 Å². The Hall–Kier alpha value is -2.44. The third-order valence-corrected chi connectivity index (χ3v) is 2.23. The van der Waals surface area contributed by atoms with Crippen molar-refractivity contribution in [3.8, 4) is 0 Å². The fraction of sp³-hybridized carbons (Fsp3) is 1.00. The molecule has 13 nitrogen and oxygen atoms in total. The zero-order valence-corrected chi connectivity index (χ0v) is 9.66. The first-order valence-electron chi connectivity index (χ1n) is 4.89. The normalized spacial score (nSPS) is 11.3. The zero-order chi connectivity index (χ0) is 15.2. The summed E-state index contributed by atoms with van der Waals surface area (Å²) >= 11 is 0. The second-order valence-electron chi connectivity index (χ2n) is 3.30. The molecule has 0 rings (SSSR count). The lowest BCUT2D eigenvalue weighted by atomic mass is 10.3. The van der Waals surface area contributed by atoms with E-state index in [9.17, 15) is 40.5 Å². The number of nitro groups is 4. The zero-order valence-electron chi connectivity index (χ0n) is 9.66. The first kappa shape index (κ1) is 16.6. The van der Waals surface area contributed by atoms with E-state index in [1.165, 1.54) is 0 Å². The van der Waals surface area contributed by atoms with Gasteiger partial charge in [-0.3, -0.25) is 45.2 Å². The highest BCUT2D eigenvalue weighted by molar-refractivity contribution is 4.52. The van der Waals surface area contributed by atoms with Gasteiger partial charge in [-0.15, -0.1) is 0 Å². The Bertz CT molecular complexity index is 368. The molecule has 0 aromatic heterocycles. The van der Waals surface area contributed by atoms with E-state index in [1.54, 1.807) is 0 Å². The van der Waals surface area contributed by atoms with Crippen LogP contribution in [0, 0.1) is 40.5 Å². The quantitative estimate of drug-likeness (QED) is 0.316. The predicted molar refractivity (Wildman–Crippen MR) is 55.4 cm³/mol. The van der Waals surface area contributed by atoms with E-state index in [0.29, 0.717) is 0 Å². The molecule has 0 radical (unpaired) electrons. The SMILES string of the molecule is CCC(OCCC([N+](=O)[O-])[N+](=O)[O-])([N+](=O)[O-])[N+](=O)[O-]. The molecule has 108 valence electrons. The van der Waals surface area contributed by atoms with Gasteiger partial charge in [0.05, 0.1) is 16.5 Å². The molecule has 0 atom stereocenters. The molecule has 0 aromatic carbocycles. The van der Waals surface area contributed by atoms with Crippen molar-refractivity contribution in [2.75, 3.05) is 6.61 Å². The Labute approximate surface area is 104 Å². The predicted octanol–water partition coefficient (Wildman–Crippen LogP) is -0.110. The van der Waals surface area contributed by atoms with Crippen LogP contribution in [-0.2, 0) is 4.74 Å². The van der Waals surface area contributed by atoms with Crippen LogP contribution in [0.4, 0.5) is 0 Å². The standard InChI is InChI=1S/C6H10N4O9/c1-2-6(9(15)16,10(17)18)19-4-3-5(7(11)12)8(13)14/h5H,2-4H2,1H3. The fourth-order valence-corrected chi connectivity index (χ4v) is 1.15. The Kier molecular flexibility index (Phi) is 5.65. The van der Waals surface area contributed by atoms with Crippen molar-refractivity contribution in [2.24, 2.45) is 0 Å². The van der Waals surface area contributed by atoms with Crippen molar-refractivity contribution in [3.05, 3.63) is 40.5 Å². The molecule has 0 aromatic rings. The molecule has 0 fully saturated rings. The lowest BCUT2D eigenvalue weighted by Crippen LogP contribution is -2.49. The molecule has 0 saturated heterocycles. The number of ether oxygens (including phenoxy) is 1. The second kappa shape index (κ2) is 6.48. The lowest BCUT2D eigenvalue weighted by molar-refractivity contribution is -0.851. The van der Waals surface area contributed by atoms with Crippen LogP contribution in [0.2, 0.25) is 0 Å². The van der Waals surface area contributed by atoms with Crippen molar-refractivity contribution in [2.45, 2.75) is 31.8 Å². The van der Waals surface area contributed by atoms with Gasteiger partial charge < -0.3 is 0 Å². The smallest absolute Gasteiger partial charge is 0.259 e. The molecule has 0 aliphatic heterocycles. The summed E-state index contributed by atoms with van der Waals surface area (Å²) in [7, 11) is 0. The number of hydrogen-bond acceptors (Lipinski definition) is 9. The number of hydrogen-bond donors (Lipinski definition) is 0. The van der Waals surface area contributed by atoms with Gasteiger partial charge in [0.15, 0.2) is 0 Å². The Morgan fingerprint density at radius 3 is 1.68 bits per heavy atom. The Balaban J connectivity index is 4.76. The van der Waals surface area contributed by atoms with E-state index in [-0.39, 0.29) is 0 Å². The third-order valence-electron chi connectivity index (χ3n) is 2.23. The summed E-state index contributed by atoms with van der Waals surface area (Å²) in [5, 5.41) is 41.8. The van der Waals surface area contributed by atoms with Gasteiger partial charge in [-0.2, -0.15) is 0 Å². The fourth-order valence-electron chi connectivity index (χ4n) is 1.15. The minimum atomic E-state index is -2.95. The summed E-state index contributed by atoms with van der Waals surface area (Å²) in [4.78, 5) is 36.8. The largest absolute Gasteiger partial charge is 0.578 e. The van der Waals surface area contributed by atoms with E-state index in [0.717, 1.165) is 6.92 Å². The lowest BCUT2D eigenvalue weighted by Gasteiger charge is -2.14. The topological polar surface area (TPSA) is 182 Å². The Morgan fingerprint density at radius 2 is 1.42 bits per heavy atom. The minimum absolute atomic E-state index is 0.630. The monoisotopic (exact) mass is 282 g/mol. The molecule has 0 aliphatic rings. The molecule has 0 bridgehead atoms. The molecule has 0 saturated carbocycles. The van der Waals surface area contributed by atoms with Crippen molar-refractivity contribution in [3.63, 3.8) is 0 Å². The minimum Gasteiger partial charge on any atom is -0.259 e. The average molecular weight is 282 g/mol. The maximum Gasteiger partial charge on any atom is 0.578 e. The summed E-state index contributed by atoms with van der Waals surface area (Å²) in [5.41, 5.74) is 0. The molecule has 19 heavy (non-hydrogen) atoms. The number of rotatable bonds is 9. The molecule has 0 unspecified atom stereocenters. The van der Waals surface area contributed by atoms with Crippen molar-refractivity contribution in [1.29, 1.82) is 0 Å². The van der Waals surface area contributed by atoms with Crippen molar-refractivity contribution in [1.82, 2.24) is 0 Å². The molecular formula is C6H10N4O9. The van der Waals surface area contributed by atoms with Gasteiger partial charge in [0.25, 0.3) is 0 Å². The second-order valence-corrected chi connectivity index (χ2v) is 3.30. The molecule has 0 aliphatic carbocycles. The highest BCUT2D eigenvalue weighted by Gasteiger charge is 2.57. The van der Waals surface area contributed by atoms with Gasteiger partial charge in [-0.05, 0) is 6.92 Å². The van der Waals surface area contributed by atoms with Crippen molar-refractivity contribution >= 4 is 0 Å². The van der Waals surface area contributed by atoms with E-state index in [4.69, 9.17) is 0 Å². The Morgan fingerprint density at radius 1 is 1.00 bits per heavy atom. The van der Waals surface area contributed by atoms with Crippen molar-refractivity contribution < 1.29 is 24.4 Å². The first-order valence-corrected chi connectivity index (χ1v) is 4.89. The van der Waals surface area contributed by atoms with Gasteiger partial charge >= 0.3 is 12.0 Å². The summed E-state index contributed by atoms with van der Waals surface area (Å²) in [6.45, 7) is 0.256. The van der Waals surface area contributed by atoms with Crippen LogP contribution in [0.3, 0.4) is 0 Å². The molecule has 0 N–H and O–H groups in total. The highest BCUT2D eigenvalue weighted by Crippen LogP contribution is 2.18. The number of nitrogens with zero attached hydrogens (tertiary/aromatic N) is 4. The molecule has 0 heterocycles. The van der Waals surface area contributed by atoms with Crippen LogP contribution >= 0.6 is 0 Å². The highest BCUT2D eigenvalue weighted by atomic mass is 16.8. The van der Waals surface area contributed by atoms with Crippen LogP contribution in [0.25, 0.3) is 0 Å². The summed E-state index contributed by atoms with van der Waals surface area (Å²) < 4.78 is 4.43. The molecule has 0 spiro atoms. The maximum absolute atomic E-state index is 10.6. The molecular weight excluding hydrogens is 272 g/mol. The van der Waals surface area contributed by atoms with Crippen LogP contribution in [0.1, 0.15) is 19.8 Å². The van der Waals surface area contributed by atoms with Gasteiger partial charge in [-0.25, -0.2) is 0 Å². The molecule has 0 amide bonds. The van der Waals surface area contributed by atoms with Gasteiger partial charge in [0, 0.05) is 0 Å². The van der Waals surface area contributed by atoms with Crippen LogP contribution in [-0.4, -0.2) is 38.3 Å². The first-order chi connectivity index (χ1) is 8.69. The van der Waals surface area contributed by atoms with E-state index >= 15 is 0 Å². The third kappa shape index (κ3) is 3.77. The average Bonchev–Trinajstić information content (AvgIpc) is 2.27. The van der Waals surface area contributed by atoms with Crippen LogP contribution in [0.15, 0.2) is 0 Å². The summed E-state index contributed by atoms with van der Waals surface area (Å²) in [6, 6.07) is 0. The van der Waals surface area contributed by atoms with E-state index < -0.39 is 51.2 Å². The van der Waals surface area contributed by atoms with Crippen LogP contribution < -0.4 is 0 Å². The summed E-state index contributed by atoms with van der Waals surface area (Å²) in [6.07, 6.45) is -3.68. The maximum atomic E-state index is 10.6. The van der Waals surface area contributed by atoms with Gasteiger partial charge in [0.2, 0.25) is 0 Å². The van der Waals surface area contributed by atoms with Gasteiger partial charge in [-0.1, -0.05) is 0 Å².